The minimum atomic E-state index is -2.45. The Bertz CT molecular complexity index is 330. The van der Waals surface area contributed by atoms with Crippen molar-refractivity contribution in [1.29, 1.82) is 0 Å². The van der Waals surface area contributed by atoms with Gasteiger partial charge in [0.25, 0.3) is 0 Å². The van der Waals surface area contributed by atoms with Gasteiger partial charge in [-0.05, 0) is 19.1 Å². The first kappa shape index (κ1) is 11.0. The van der Waals surface area contributed by atoms with Crippen LogP contribution >= 0.6 is 12.0 Å². The Hall–Kier alpha value is -1.10. The summed E-state index contributed by atoms with van der Waals surface area (Å²) in [7, 11) is 0. The first-order valence-electron chi connectivity index (χ1n) is 3.71. The molecule has 0 unspecified atom stereocenters. The van der Waals surface area contributed by atoms with Crippen LogP contribution in [0.2, 0.25) is 0 Å². The Morgan fingerprint density at radius 2 is 1.71 bits per heavy atom. The molecule has 0 saturated carbocycles. The van der Waals surface area contributed by atoms with E-state index in [4.69, 9.17) is 0 Å². The first-order valence-corrected chi connectivity index (χ1v) is 4.45. The normalized spacial score (nSPS) is 9.71. The minimum Gasteiger partial charge on any atom is -0.387 e. The topological polar surface area (TPSA) is 9.23 Å². The van der Waals surface area contributed by atoms with Crippen molar-refractivity contribution in [2.24, 2.45) is 0 Å². The predicted molar refractivity (Wildman–Crippen MR) is 48.5 cm³/mol. The highest BCUT2D eigenvalue weighted by molar-refractivity contribution is 7.94. The molecule has 0 heterocycles. The quantitative estimate of drug-likeness (QED) is 0.561. The van der Waals surface area contributed by atoms with Crippen molar-refractivity contribution < 1.29 is 17.4 Å². The lowest BCUT2D eigenvalue weighted by molar-refractivity contribution is 0.266. The van der Waals surface area contributed by atoms with Crippen molar-refractivity contribution in [3.63, 3.8) is 0 Å². The molecular formula is C9H7F3OS. The molecule has 76 valence electrons. The molecule has 0 aliphatic carbocycles. The molecule has 0 fully saturated rings. The maximum atomic E-state index is 12.2. The summed E-state index contributed by atoms with van der Waals surface area (Å²) in [5.41, 5.74) is 1.03. The highest BCUT2D eigenvalue weighted by atomic mass is 32.2. The van der Waals surface area contributed by atoms with Gasteiger partial charge in [-0.3, -0.25) is 0 Å². The lowest BCUT2D eigenvalue weighted by atomic mass is 10.2. The van der Waals surface area contributed by atoms with Crippen LogP contribution in [0.25, 0.3) is 0 Å². The van der Waals surface area contributed by atoms with Gasteiger partial charge in [-0.25, -0.2) is 0 Å². The molecule has 5 heteroatoms. The van der Waals surface area contributed by atoms with E-state index in [1.54, 1.807) is 24.3 Å². The average molecular weight is 220 g/mol. The van der Waals surface area contributed by atoms with Gasteiger partial charge in [-0.2, -0.15) is 13.2 Å². The third kappa shape index (κ3) is 3.33. The summed E-state index contributed by atoms with van der Waals surface area (Å²) >= 11 is 0.553. The van der Waals surface area contributed by atoms with Crippen molar-refractivity contribution >= 4 is 12.0 Å². The van der Waals surface area contributed by atoms with Crippen LogP contribution < -0.4 is 0 Å². The van der Waals surface area contributed by atoms with Crippen LogP contribution in [0.15, 0.2) is 41.3 Å². The summed E-state index contributed by atoms with van der Waals surface area (Å²) in [6.07, 6.45) is -2.45. The van der Waals surface area contributed by atoms with Crippen LogP contribution in [0.1, 0.15) is 5.56 Å². The second-order valence-electron chi connectivity index (χ2n) is 2.51. The first-order chi connectivity index (χ1) is 6.59. The second kappa shape index (κ2) is 4.95. The van der Waals surface area contributed by atoms with Crippen LogP contribution in [-0.4, -0.2) is 0 Å². The molecule has 1 nitrogen and oxygen atoms in total. The van der Waals surface area contributed by atoms with Gasteiger partial charge in [0, 0.05) is 4.90 Å². The van der Waals surface area contributed by atoms with Gasteiger partial charge in [0.2, 0.25) is 0 Å². The molecule has 14 heavy (non-hydrogen) atoms. The van der Waals surface area contributed by atoms with Crippen molar-refractivity contribution in [3.05, 3.63) is 41.9 Å². The number of rotatable bonds is 3. The van der Waals surface area contributed by atoms with E-state index in [0.29, 0.717) is 16.9 Å². The largest absolute Gasteiger partial charge is 0.387 e. The molecule has 0 aliphatic heterocycles. The molecule has 0 amide bonds. The van der Waals surface area contributed by atoms with E-state index in [-0.39, 0.29) is 0 Å². The minimum absolute atomic E-state index is 0.553. The van der Waals surface area contributed by atoms with E-state index in [0.717, 1.165) is 5.56 Å². The summed E-state index contributed by atoms with van der Waals surface area (Å²) in [4.78, 5) is 0.562. The number of benzene rings is 1. The van der Waals surface area contributed by atoms with Gasteiger partial charge in [0.15, 0.2) is 0 Å². The zero-order chi connectivity index (χ0) is 10.6. The molecule has 0 aliphatic rings. The molecule has 1 aromatic carbocycles. The lowest BCUT2D eigenvalue weighted by Crippen LogP contribution is -1.79. The summed E-state index contributed by atoms with van der Waals surface area (Å²) in [5, 5.41) is 0. The van der Waals surface area contributed by atoms with Gasteiger partial charge in [0.1, 0.15) is 0 Å². The Labute approximate surface area is 83.8 Å². The lowest BCUT2D eigenvalue weighted by Gasteiger charge is -2.00. The molecule has 0 aromatic heterocycles. The second-order valence-corrected chi connectivity index (χ2v) is 3.32. The van der Waals surface area contributed by atoms with E-state index in [1.165, 1.54) is 0 Å². The van der Waals surface area contributed by atoms with E-state index < -0.39 is 12.1 Å². The van der Waals surface area contributed by atoms with Crippen LogP contribution in [-0.2, 0) is 4.18 Å². The van der Waals surface area contributed by atoms with E-state index in [1.807, 2.05) is 6.92 Å². The summed E-state index contributed by atoms with van der Waals surface area (Å²) in [6.45, 7) is 1.89. The third-order valence-corrected chi connectivity index (χ3v) is 2.07. The third-order valence-electron chi connectivity index (χ3n) is 1.38. The van der Waals surface area contributed by atoms with Crippen molar-refractivity contribution in [2.45, 2.75) is 11.8 Å². The predicted octanol–water partition coefficient (Wildman–Crippen LogP) is 4.05. The molecule has 1 rings (SSSR count). The van der Waals surface area contributed by atoms with E-state index in [9.17, 15) is 13.2 Å². The van der Waals surface area contributed by atoms with Crippen LogP contribution in [0, 0.1) is 6.92 Å². The molecule has 0 saturated heterocycles. The molecule has 0 radical (unpaired) electrons. The molecular weight excluding hydrogens is 213 g/mol. The van der Waals surface area contributed by atoms with Gasteiger partial charge >= 0.3 is 12.1 Å². The highest BCUT2D eigenvalue weighted by Gasteiger charge is 2.07. The summed E-state index contributed by atoms with van der Waals surface area (Å²) < 4.78 is 39.4. The average Bonchev–Trinajstić information content (AvgIpc) is 2.16. The van der Waals surface area contributed by atoms with Crippen molar-refractivity contribution in [3.8, 4) is 0 Å². The number of halogens is 3. The smallest absolute Gasteiger partial charge is 0.351 e. The van der Waals surface area contributed by atoms with E-state index in [2.05, 4.69) is 4.18 Å². The zero-order valence-corrected chi connectivity index (χ0v) is 8.08. The van der Waals surface area contributed by atoms with Gasteiger partial charge in [0.05, 0.1) is 12.0 Å². The van der Waals surface area contributed by atoms with Crippen LogP contribution in [0.5, 0.6) is 0 Å². The molecule has 0 bridgehead atoms. The van der Waals surface area contributed by atoms with Crippen molar-refractivity contribution in [1.82, 2.24) is 0 Å². The van der Waals surface area contributed by atoms with Gasteiger partial charge in [-0.1, -0.05) is 17.7 Å². The van der Waals surface area contributed by atoms with Crippen molar-refractivity contribution in [2.75, 3.05) is 0 Å². The highest BCUT2D eigenvalue weighted by Crippen LogP contribution is 2.25. The fourth-order valence-corrected chi connectivity index (χ4v) is 1.19. The summed E-state index contributed by atoms with van der Waals surface area (Å²) in [6, 6.07) is 5.01. The Balaban J connectivity index is 2.54. The zero-order valence-electron chi connectivity index (χ0n) is 7.26. The summed E-state index contributed by atoms with van der Waals surface area (Å²) in [5.74, 6) is 0. The fraction of sp³-hybridized carbons (Fsp3) is 0.111. The standard InChI is InChI=1S/C9H7F3OS/c1-6-2-4-7(5-3-6)14-13-9(12)8(10)11/h2-5H,1H3. The Morgan fingerprint density at radius 3 is 2.21 bits per heavy atom. The molecule has 0 spiro atoms. The number of hydrogen-bond donors (Lipinski definition) is 0. The molecule has 0 N–H and O–H groups in total. The molecule has 1 aromatic rings. The maximum absolute atomic E-state index is 12.2. The van der Waals surface area contributed by atoms with Crippen LogP contribution in [0.4, 0.5) is 13.2 Å². The maximum Gasteiger partial charge on any atom is 0.351 e. The molecule has 0 atom stereocenters. The number of hydrogen-bond acceptors (Lipinski definition) is 2. The van der Waals surface area contributed by atoms with Gasteiger partial charge < -0.3 is 4.18 Å². The fourth-order valence-electron chi connectivity index (χ4n) is 0.710. The van der Waals surface area contributed by atoms with Crippen LogP contribution in [0.3, 0.4) is 0 Å². The number of aryl methyl sites for hydroxylation is 1. The van der Waals surface area contributed by atoms with E-state index >= 15 is 0 Å². The SMILES string of the molecule is Cc1ccc(SOC(F)=C(F)F)cc1. The van der Waals surface area contributed by atoms with Gasteiger partial charge in [-0.15, -0.1) is 0 Å². The monoisotopic (exact) mass is 220 g/mol. The Morgan fingerprint density at radius 1 is 1.14 bits per heavy atom. The Kier molecular flexibility index (Phi) is 3.88.